The van der Waals surface area contributed by atoms with Crippen molar-refractivity contribution in [2.45, 2.75) is 71.8 Å². The topological polar surface area (TPSA) is 65.7 Å². The predicted molar refractivity (Wildman–Crippen MR) is 120 cm³/mol. The zero-order valence-corrected chi connectivity index (χ0v) is 20.0. The third-order valence-corrected chi connectivity index (χ3v) is 9.71. The Bertz CT molecular complexity index is 1030. The fraction of sp³-hybridized carbons (Fsp3) is 0.630. The van der Waals surface area contributed by atoms with Crippen molar-refractivity contribution in [1.29, 1.82) is 0 Å². The van der Waals surface area contributed by atoms with Crippen LogP contribution >= 0.6 is 0 Å². The summed E-state index contributed by atoms with van der Waals surface area (Å²) < 4.78 is 17.3. The van der Waals surface area contributed by atoms with Crippen LogP contribution in [0.4, 0.5) is 0 Å². The minimum absolute atomic E-state index is 0.0170. The second kappa shape index (κ2) is 6.61. The number of carbonyl (C=O) groups is 2. The summed E-state index contributed by atoms with van der Waals surface area (Å²) >= 11 is 0. The van der Waals surface area contributed by atoms with Crippen molar-refractivity contribution >= 4 is 11.8 Å². The summed E-state index contributed by atoms with van der Waals surface area (Å²) in [5.74, 6) is 0.878. The highest BCUT2D eigenvalue weighted by atomic mass is 16.5. The molecule has 2 heterocycles. The first-order chi connectivity index (χ1) is 15.0. The maximum absolute atomic E-state index is 13.2. The van der Waals surface area contributed by atoms with Gasteiger partial charge in [0.15, 0.2) is 5.78 Å². The quantitative estimate of drug-likeness (QED) is 0.455. The van der Waals surface area contributed by atoms with Crippen LogP contribution in [-0.4, -0.2) is 24.5 Å². The maximum atomic E-state index is 13.2. The Labute approximate surface area is 190 Å². The third-order valence-electron chi connectivity index (χ3n) is 9.71. The van der Waals surface area contributed by atoms with Gasteiger partial charge in [0.05, 0.1) is 26.1 Å². The molecule has 2 fully saturated rings. The highest BCUT2D eigenvalue weighted by Crippen LogP contribution is 2.72. The molecule has 32 heavy (non-hydrogen) atoms. The van der Waals surface area contributed by atoms with Gasteiger partial charge in [0.25, 0.3) is 0 Å². The van der Waals surface area contributed by atoms with E-state index in [0.717, 1.165) is 25.0 Å². The lowest BCUT2D eigenvalue weighted by Crippen LogP contribution is -2.54. The molecule has 1 saturated heterocycles. The highest BCUT2D eigenvalue weighted by Gasteiger charge is 2.70. The lowest BCUT2D eigenvalue weighted by Gasteiger charge is -2.53. The van der Waals surface area contributed by atoms with Gasteiger partial charge in [0.2, 0.25) is 0 Å². The van der Waals surface area contributed by atoms with E-state index in [1.807, 2.05) is 20.1 Å². The number of ketones is 1. The van der Waals surface area contributed by atoms with Gasteiger partial charge in [0.1, 0.15) is 11.4 Å². The molecule has 1 aliphatic heterocycles. The van der Waals surface area contributed by atoms with Crippen LogP contribution in [0.5, 0.6) is 0 Å². The molecule has 0 spiro atoms. The fourth-order valence-corrected chi connectivity index (χ4v) is 7.93. The molecule has 1 aromatic rings. The van der Waals surface area contributed by atoms with Gasteiger partial charge in [-0.15, -0.1) is 0 Å². The number of hydrogen-bond acceptors (Lipinski definition) is 5. The molecule has 0 N–H and O–H groups in total. The Balaban J connectivity index is 1.59. The molecular weight excluding hydrogens is 404 g/mol. The molecule has 6 atom stereocenters. The van der Waals surface area contributed by atoms with Crippen molar-refractivity contribution in [1.82, 2.24) is 0 Å². The van der Waals surface area contributed by atoms with E-state index in [9.17, 15) is 9.59 Å². The van der Waals surface area contributed by atoms with E-state index in [1.165, 1.54) is 18.2 Å². The maximum Gasteiger partial charge on any atom is 0.305 e. The SMILES string of the molecule is COC(=O)CC1C(C)(C)C(=O)C=C2OC3(C)C4=CCC(c5ccoc5)C4(C)CCC3C21C. The van der Waals surface area contributed by atoms with Crippen molar-refractivity contribution in [3.8, 4) is 0 Å². The lowest BCUT2D eigenvalue weighted by atomic mass is 9.47. The van der Waals surface area contributed by atoms with Crippen LogP contribution in [0.15, 0.2) is 46.5 Å². The standard InChI is InChI=1S/C27H34O5/c1-24(2)20(13-23(29)30-6)26(4)19-9-11-25(3)17(16-10-12-31-15-16)7-8-18(25)27(19,5)32-22(26)14-21(24)28/h8,10,12,14-15,17,19-20H,7,9,11,13H2,1-6H3. The van der Waals surface area contributed by atoms with Crippen LogP contribution in [0.2, 0.25) is 0 Å². The molecule has 0 radical (unpaired) electrons. The van der Waals surface area contributed by atoms with E-state index < -0.39 is 16.4 Å². The summed E-state index contributed by atoms with van der Waals surface area (Å²) in [5.41, 5.74) is 0.993. The number of allylic oxidation sites excluding steroid dienone is 3. The molecule has 0 amide bonds. The van der Waals surface area contributed by atoms with E-state index in [2.05, 4.69) is 32.9 Å². The Morgan fingerprint density at radius 3 is 2.62 bits per heavy atom. The zero-order chi connectivity index (χ0) is 23.1. The second-order valence-electron chi connectivity index (χ2n) is 11.4. The lowest BCUT2D eigenvalue weighted by molar-refractivity contribution is -0.147. The van der Waals surface area contributed by atoms with Crippen molar-refractivity contribution in [2.24, 2.45) is 28.1 Å². The van der Waals surface area contributed by atoms with Crippen molar-refractivity contribution in [3.63, 3.8) is 0 Å². The molecule has 6 unspecified atom stereocenters. The van der Waals surface area contributed by atoms with Crippen molar-refractivity contribution < 1.29 is 23.5 Å². The molecule has 5 rings (SSSR count). The van der Waals surface area contributed by atoms with Crippen LogP contribution in [0.1, 0.15) is 71.8 Å². The van der Waals surface area contributed by atoms with Crippen LogP contribution in [-0.2, 0) is 19.1 Å². The summed E-state index contributed by atoms with van der Waals surface area (Å²) in [4.78, 5) is 25.6. The average Bonchev–Trinajstić information content (AvgIpc) is 3.42. The number of furan rings is 1. The molecule has 0 aromatic carbocycles. The molecule has 172 valence electrons. The average molecular weight is 439 g/mol. The molecule has 0 bridgehead atoms. The summed E-state index contributed by atoms with van der Waals surface area (Å²) in [6.07, 6.45) is 10.9. The summed E-state index contributed by atoms with van der Waals surface area (Å²) in [5, 5.41) is 0. The number of ether oxygens (including phenoxy) is 2. The van der Waals surface area contributed by atoms with E-state index in [1.54, 1.807) is 12.3 Å². The molecule has 1 aromatic heterocycles. The number of carbonyl (C=O) groups excluding carboxylic acids is 2. The van der Waals surface area contributed by atoms with Gasteiger partial charge in [0, 0.05) is 22.8 Å². The van der Waals surface area contributed by atoms with Gasteiger partial charge < -0.3 is 13.9 Å². The van der Waals surface area contributed by atoms with Gasteiger partial charge in [-0.2, -0.15) is 0 Å². The van der Waals surface area contributed by atoms with E-state index >= 15 is 0 Å². The monoisotopic (exact) mass is 438 g/mol. The number of methoxy groups -OCH3 is 1. The van der Waals surface area contributed by atoms with Gasteiger partial charge in [-0.3, -0.25) is 9.59 Å². The first-order valence-electron chi connectivity index (χ1n) is 11.7. The van der Waals surface area contributed by atoms with E-state index in [-0.39, 0.29) is 35.4 Å². The van der Waals surface area contributed by atoms with E-state index in [0.29, 0.717) is 5.92 Å². The van der Waals surface area contributed by atoms with E-state index in [4.69, 9.17) is 13.9 Å². The smallest absolute Gasteiger partial charge is 0.305 e. The Kier molecular flexibility index (Phi) is 4.45. The second-order valence-corrected chi connectivity index (χ2v) is 11.4. The Hall–Kier alpha value is -2.30. The first kappa shape index (κ1) is 21.5. The molecule has 5 heteroatoms. The highest BCUT2D eigenvalue weighted by molar-refractivity contribution is 5.97. The largest absolute Gasteiger partial charge is 0.486 e. The predicted octanol–water partition coefficient (Wildman–Crippen LogP) is 5.58. The minimum atomic E-state index is -0.662. The Morgan fingerprint density at radius 2 is 1.97 bits per heavy atom. The van der Waals surface area contributed by atoms with Gasteiger partial charge >= 0.3 is 5.97 Å². The number of hydrogen-bond donors (Lipinski definition) is 0. The third kappa shape index (κ3) is 2.51. The summed E-state index contributed by atoms with van der Waals surface area (Å²) in [7, 11) is 1.42. The fourth-order valence-electron chi connectivity index (χ4n) is 7.93. The van der Waals surface area contributed by atoms with Gasteiger partial charge in [-0.25, -0.2) is 0 Å². The zero-order valence-electron chi connectivity index (χ0n) is 20.0. The molecule has 1 saturated carbocycles. The number of rotatable bonds is 3. The number of fused-ring (bicyclic) bond motifs is 5. The minimum Gasteiger partial charge on any atom is -0.486 e. The number of esters is 1. The first-order valence-corrected chi connectivity index (χ1v) is 11.7. The van der Waals surface area contributed by atoms with Gasteiger partial charge in [-0.1, -0.05) is 33.8 Å². The van der Waals surface area contributed by atoms with Gasteiger partial charge in [-0.05, 0) is 60.6 Å². The summed E-state index contributed by atoms with van der Waals surface area (Å²) in [6, 6.07) is 2.08. The van der Waals surface area contributed by atoms with Crippen molar-refractivity contribution in [3.05, 3.63) is 47.6 Å². The van der Waals surface area contributed by atoms with Crippen LogP contribution in [0, 0.1) is 28.1 Å². The Morgan fingerprint density at radius 1 is 1.22 bits per heavy atom. The van der Waals surface area contributed by atoms with Crippen LogP contribution in [0.3, 0.4) is 0 Å². The van der Waals surface area contributed by atoms with Crippen LogP contribution < -0.4 is 0 Å². The van der Waals surface area contributed by atoms with Crippen molar-refractivity contribution in [2.75, 3.05) is 7.11 Å². The summed E-state index contributed by atoms with van der Waals surface area (Å²) in [6.45, 7) is 10.7. The molecular formula is C27H34O5. The molecule has 4 aliphatic rings. The normalized spacial score (nSPS) is 41.7. The molecule has 3 aliphatic carbocycles. The van der Waals surface area contributed by atoms with Crippen LogP contribution in [0.25, 0.3) is 0 Å². The molecule has 5 nitrogen and oxygen atoms in total.